The van der Waals surface area contributed by atoms with E-state index in [2.05, 4.69) is 10.2 Å². The lowest BCUT2D eigenvalue weighted by molar-refractivity contribution is -0.128. The van der Waals surface area contributed by atoms with Crippen molar-refractivity contribution in [2.45, 2.75) is 31.7 Å². The lowest BCUT2D eigenvalue weighted by Crippen LogP contribution is -2.51. The summed E-state index contributed by atoms with van der Waals surface area (Å²) < 4.78 is 5.01. The summed E-state index contributed by atoms with van der Waals surface area (Å²) in [5.74, 6) is 0.292. The monoisotopic (exact) mass is 399 g/mol. The normalized spacial score (nSPS) is 21.4. The minimum absolute atomic E-state index is 0.0640. The van der Waals surface area contributed by atoms with Gasteiger partial charge in [-0.05, 0) is 43.9 Å². The average molecular weight is 400 g/mol. The highest BCUT2D eigenvalue weighted by atomic mass is 16.5. The Morgan fingerprint density at radius 2 is 1.90 bits per heavy atom. The maximum atomic E-state index is 12.5. The van der Waals surface area contributed by atoms with E-state index in [9.17, 15) is 9.59 Å². The van der Waals surface area contributed by atoms with Crippen molar-refractivity contribution in [2.24, 2.45) is 5.92 Å². The molecule has 0 aromatic heterocycles. The molecular formula is C23H33N3O3. The number of nitrogens with zero attached hydrogens (tertiary/aromatic N) is 2. The van der Waals surface area contributed by atoms with Crippen LogP contribution < -0.4 is 5.32 Å². The van der Waals surface area contributed by atoms with E-state index in [0.29, 0.717) is 19.2 Å². The van der Waals surface area contributed by atoms with Crippen molar-refractivity contribution in [2.75, 3.05) is 46.4 Å². The minimum atomic E-state index is 0.0640. The smallest absolute Gasteiger partial charge is 0.246 e. The third kappa shape index (κ3) is 6.41. The van der Waals surface area contributed by atoms with Crippen LogP contribution in [0.2, 0.25) is 0 Å². The van der Waals surface area contributed by atoms with Gasteiger partial charge in [0.05, 0.1) is 12.5 Å². The Balaban J connectivity index is 1.44. The van der Waals surface area contributed by atoms with E-state index < -0.39 is 0 Å². The van der Waals surface area contributed by atoms with Crippen molar-refractivity contribution >= 4 is 17.9 Å². The van der Waals surface area contributed by atoms with Gasteiger partial charge in [-0.3, -0.25) is 14.5 Å². The predicted octanol–water partition coefficient (Wildman–Crippen LogP) is 2.17. The Kier molecular flexibility index (Phi) is 8.25. The molecular weight excluding hydrogens is 366 g/mol. The van der Waals surface area contributed by atoms with Gasteiger partial charge in [-0.2, -0.15) is 0 Å². The quantitative estimate of drug-likeness (QED) is 0.564. The molecule has 1 N–H and O–H groups in total. The van der Waals surface area contributed by atoms with Gasteiger partial charge in [-0.15, -0.1) is 0 Å². The third-order valence-electron chi connectivity index (χ3n) is 5.94. The van der Waals surface area contributed by atoms with Crippen LogP contribution in [0.4, 0.5) is 0 Å². The number of methoxy groups -OCH3 is 1. The number of carbonyl (C=O) groups excluding carboxylic acids is 2. The first kappa shape index (κ1) is 21.5. The second-order valence-electron chi connectivity index (χ2n) is 7.92. The fourth-order valence-corrected chi connectivity index (χ4v) is 4.26. The van der Waals surface area contributed by atoms with Gasteiger partial charge in [-0.1, -0.05) is 30.3 Å². The lowest BCUT2D eigenvalue weighted by Gasteiger charge is -2.41. The summed E-state index contributed by atoms with van der Waals surface area (Å²) in [7, 11) is 1.64. The van der Waals surface area contributed by atoms with E-state index in [1.54, 1.807) is 13.2 Å². The fourth-order valence-electron chi connectivity index (χ4n) is 4.26. The van der Waals surface area contributed by atoms with Crippen LogP contribution in [0, 0.1) is 5.92 Å². The first-order valence-electron chi connectivity index (χ1n) is 10.7. The number of piperidine rings is 2. The molecule has 1 unspecified atom stereocenters. The summed E-state index contributed by atoms with van der Waals surface area (Å²) >= 11 is 0. The number of nitrogens with one attached hydrogen (secondary N) is 1. The molecule has 6 nitrogen and oxygen atoms in total. The van der Waals surface area contributed by atoms with Gasteiger partial charge in [0.15, 0.2) is 0 Å². The van der Waals surface area contributed by atoms with E-state index in [0.717, 1.165) is 57.4 Å². The van der Waals surface area contributed by atoms with Crippen molar-refractivity contribution in [3.8, 4) is 0 Å². The SMILES string of the molecule is COCCNC(=O)C1CCCN(C2CCN(C(=O)C=Cc3ccccc3)CC2)C1. The lowest BCUT2D eigenvalue weighted by atomic mass is 9.93. The molecule has 0 radical (unpaired) electrons. The number of hydrogen-bond acceptors (Lipinski definition) is 4. The predicted molar refractivity (Wildman–Crippen MR) is 114 cm³/mol. The topological polar surface area (TPSA) is 61.9 Å². The number of rotatable bonds is 7. The molecule has 2 amide bonds. The van der Waals surface area contributed by atoms with E-state index in [-0.39, 0.29) is 17.7 Å². The molecule has 0 aliphatic carbocycles. The highest BCUT2D eigenvalue weighted by Crippen LogP contribution is 2.24. The fraction of sp³-hybridized carbons (Fsp3) is 0.565. The largest absolute Gasteiger partial charge is 0.383 e. The van der Waals surface area contributed by atoms with Crippen LogP contribution in [0.25, 0.3) is 6.08 Å². The van der Waals surface area contributed by atoms with Crippen LogP contribution >= 0.6 is 0 Å². The van der Waals surface area contributed by atoms with Crippen molar-refractivity contribution < 1.29 is 14.3 Å². The molecule has 1 aromatic carbocycles. The molecule has 0 bridgehead atoms. The molecule has 0 spiro atoms. The molecule has 2 aliphatic heterocycles. The second kappa shape index (κ2) is 11.1. The van der Waals surface area contributed by atoms with Crippen LogP contribution in [-0.4, -0.2) is 74.1 Å². The molecule has 2 heterocycles. The Labute approximate surface area is 173 Å². The number of likely N-dealkylation sites (tertiary alicyclic amines) is 2. The zero-order valence-electron chi connectivity index (χ0n) is 17.4. The summed E-state index contributed by atoms with van der Waals surface area (Å²) in [4.78, 5) is 29.3. The van der Waals surface area contributed by atoms with Gasteiger partial charge < -0.3 is 15.0 Å². The highest BCUT2D eigenvalue weighted by Gasteiger charge is 2.32. The molecule has 3 rings (SSSR count). The van der Waals surface area contributed by atoms with E-state index in [1.165, 1.54) is 0 Å². The van der Waals surface area contributed by atoms with Crippen molar-refractivity contribution in [1.29, 1.82) is 0 Å². The van der Waals surface area contributed by atoms with Gasteiger partial charge in [0, 0.05) is 45.4 Å². The van der Waals surface area contributed by atoms with Crippen LogP contribution in [-0.2, 0) is 14.3 Å². The zero-order valence-corrected chi connectivity index (χ0v) is 17.4. The van der Waals surface area contributed by atoms with Crippen molar-refractivity contribution in [1.82, 2.24) is 15.1 Å². The molecule has 1 atom stereocenters. The molecule has 158 valence electrons. The molecule has 0 saturated carbocycles. The maximum absolute atomic E-state index is 12.5. The number of benzene rings is 1. The number of amides is 2. The zero-order chi connectivity index (χ0) is 20.5. The Morgan fingerprint density at radius 1 is 1.14 bits per heavy atom. The number of hydrogen-bond donors (Lipinski definition) is 1. The van der Waals surface area contributed by atoms with Gasteiger partial charge in [-0.25, -0.2) is 0 Å². The molecule has 2 fully saturated rings. The number of carbonyl (C=O) groups is 2. The van der Waals surface area contributed by atoms with Crippen LogP contribution in [0.3, 0.4) is 0 Å². The van der Waals surface area contributed by atoms with Gasteiger partial charge in [0.2, 0.25) is 11.8 Å². The summed E-state index contributed by atoms with van der Waals surface area (Å²) in [6.45, 7) is 4.56. The van der Waals surface area contributed by atoms with Crippen molar-refractivity contribution in [3.63, 3.8) is 0 Å². The third-order valence-corrected chi connectivity index (χ3v) is 5.94. The van der Waals surface area contributed by atoms with E-state index >= 15 is 0 Å². The van der Waals surface area contributed by atoms with Gasteiger partial charge >= 0.3 is 0 Å². The summed E-state index contributed by atoms with van der Waals surface area (Å²) in [6, 6.07) is 10.4. The van der Waals surface area contributed by atoms with Crippen LogP contribution in [0.15, 0.2) is 36.4 Å². The molecule has 2 aliphatic rings. The minimum Gasteiger partial charge on any atom is -0.383 e. The van der Waals surface area contributed by atoms with E-state index in [1.807, 2.05) is 41.3 Å². The molecule has 1 aromatic rings. The molecule has 29 heavy (non-hydrogen) atoms. The van der Waals surface area contributed by atoms with Crippen molar-refractivity contribution in [3.05, 3.63) is 42.0 Å². The second-order valence-corrected chi connectivity index (χ2v) is 7.92. The number of ether oxygens (including phenoxy) is 1. The first-order valence-corrected chi connectivity index (χ1v) is 10.7. The average Bonchev–Trinajstić information content (AvgIpc) is 2.78. The van der Waals surface area contributed by atoms with Gasteiger partial charge in [0.1, 0.15) is 0 Å². The Bertz CT molecular complexity index is 684. The molecule has 6 heteroatoms. The van der Waals surface area contributed by atoms with E-state index in [4.69, 9.17) is 4.74 Å². The van der Waals surface area contributed by atoms with Crippen LogP contribution in [0.5, 0.6) is 0 Å². The summed E-state index contributed by atoms with van der Waals surface area (Å²) in [5, 5.41) is 2.98. The van der Waals surface area contributed by atoms with Crippen LogP contribution in [0.1, 0.15) is 31.2 Å². The maximum Gasteiger partial charge on any atom is 0.246 e. The molecule has 2 saturated heterocycles. The summed E-state index contributed by atoms with van der Waals surface area (Å²) in [6.07, 6.45) is 7.52. The summed E-state index contributed by atoms with van der Waals surface area (Å²) in [5.41, 5.74) is 1.04. The Hall–Kier alpha value is -2.18. The highest BCUT2D eigenvalue weighted by molar-refractivity contribution is 5.91. The van der Waals surface area contributed by atoms with Gasteiger partial charge in [0.25, 0.3) is 0 Å². The Morgan fingerprint density at radius 3 is 2.62 bits per heavy atom. The first-order chi connectivity index (χ1) is 14.2. The standard InChI is InChI=1S/C23H33N3O3/c1-29-17-13-24-23(28)20-8-5-14-26(18-20)21-11-15-25(16-12-21)22(27)10-9-19-6-3-2-4-7-19/h2-4,6-7,9-10,20-21H,5,8,11-18H2,1H3,(H,24,28).